The molecule has 120 valence electrons. The molecule has 0 aliphatic rings. The van der Waals surface area contributed by atoms with Gasteiger partial charge in [0.15, 0.2) is 6.29 Å². The van der Waals surface area contributed by atoms with Crippen molar-refractivity contribution < 1.29 is 24.1 Å². The molecule has 0 saturated heterocycles. The first kappa shape index (κ1) is 19.4. The molecule has 0 amide bonds. The molecular weight excluding hydrogens is 260 g/mol. The first-order valence-electron chi connectivity index (χ1n) is 7.69. The average molecular weight is 290 g/mol. The molecule has 0 rings (SSSR count). The van der Waals surface area contributed by atoms with Crippen LogP contribution in [0.2, 0.25) is 0 Å². The molecule has 0 aromatic rings. The fourth-order valence-electron chi connectivity index (χ4n) is 1.89. The van der Waals surface area contributed by atoms with Crippen molar-refractivity contribution in [2.75, 3.05) is 19.8 Å². The highest BCUT2D eigenvalue weighted by molar-refractivity contribution is 5.78. The van der Waals surface area contributed by atoms with E-state index in [1.807, 2.05) is 0 Å². The quantitative estimate of drug-likeness (QED) is 0.417. The molecule has 5 heteroatoms. The van der Waals surface area contributed by atoms with Crippen molar-refractivity contribution in [3.05, 3.63) is 0 Å². The second-order valence-corrected chi connectivity index (χ2v) is 4.76. The normalized spacial score (nSPS) is 14.4. The van der Waals surface area contributed by atoms with Crippen molar-refractivity contribution >= 4 is 5.97 Å². The Balaban J connectivity index is 4.90. The van der Waals surface area contributed by atoms with Gasteiger partial charge in [-0.2, -0.15) is 0 Å². The Labute approximate surface area is 122 Å². The number of carbonyl (C=O) groups is 1. The lowest BCUT2D eigenvalue weighted by molar-refractivity contribution is -0.256. The number of ether oxygens (including phenoxy) is 3. The van der Waals surface area contributed by atoms with Gasteiger partial charge in [-0.3, -0.25) is 0 Å². The van der Waals surface area contributed by atoms with Crippen molar-refractivity contribution in [1.29, 1.82) is 0 Å². The molecule has 0 aromatic heterocycles. The topological polar surface area (TPSA) is 65.0 Å². The molecule has 0 spiro atoms. The van der Waals surface area contributed by atoms with Crippen LogP contribution in [0.1, 0.15) is 59.8 Å². The van der Waals surface area contributed by atoms with Gasteiger partial charge in [0.2, 0.25) is 5.60 Å². The van der Waals surface area contributed by atoms with Gasteiger partial charge in [-0.05, 0) is 26.2 Å². The molecule has 1 atom stereocenters. The molecule has 0 bridgehead atoms. The van der Waals surface area contributed by atoms with E-state index in [2.05, 4.69) is 13.8 Å². The fraction of sp³-hybridized carbons (Fsp3) is 0.933. The number of unbranched alkanes of at least 4 members (excludes halogenated alkanes) is 2. The maximum absolute atomic E-state index is 11.7. The van der Waals surface area contributed by atoms with Gasteiger partial charge in [-0.15, -0.1) is 0 Å². The van der Waals surface area contributed by atoms with Crippen LogP contribution in [0.25, 0.3) is 0 Å². The van der Waals surface area contributed by atoms with E-state index in [9.17, 15) is 9.90 Å². The van der Waals surface area contributed by atoms with Crippen molar-refractivity contribution in [2.45, 2.75) is 71.7 Å². The van der Waals surface area contributed by atoms with Crippen molar-refractivity contribution in [1.82, 2.24) is 0 Å². The van der Waals surface area contributed by atoms with Gasteiger partial charge >= 0.3 is 5.97 Å². The van der Waals surface area contributed by atoms with E-state index >= 15 is 0 Å². The Bertz CT molecular complexity index is 247. The van der Waals surface area contributed by atoms with Crippen LogP contribution in [-0.4, -0.2) is 42.8 Å². The molecule has 0 radical (unpaired) electrons. The molecule has 20 heavy (non-hydrogen) atoms. The van der Waals surface area contributed by atoms with E-state index < -0.39 is 17.9 Å². The second kappa shape index (κ2) is 11.1. The molecule has 5 nitrogen and oxygen atoms in total. The van der Waals surface area contributed by atoms with Gasteiger partial charge < -0.3 is 19.3 Å². The van der Waals surface area contributed by atoms with Gasteiger partial charge in [-0.1, -0.05) is 33.6 Å². The van der Waals surface area contributed by atoms with Crippen LogP contribution in [-0.2, 0) is 19.0 Å². The molecule has 1 N–H and O–H groups in total. The summed E-state index contributed by atoms with van der Waals surface area (Å²) in [6.45, 7) is 8.95. The Morgan fingerprint density at radius 1 is 1.05 bits per heavy atom. The second-order valence-electron chi connectivity index (χ2n) is 4.76. The van der Waals surface area contributed by atoms with E-state index in [0.717, 1.165) is 25.7 Å². The maximum atomic E-state index is 11.7. The summed E-state index contributed by atoms with van der Waals surface area (Å²) in [4.78, 5) is 11.7. The summed E-state index contributed by atoms with van der Waals surface area (Å²) in [6, 6.07) is 0. The van der Waals surface area contributed by atoms with E-state index in [4.69, 9.17) is 14.2 Å². The standard InChI is InChI=1S/C15H30O5/c1-5-9-11-18-14(19-12-10-6-2)15(7-3,13(16)17)20-8-4/h14H,5-12H2,1-4H3,(H,16,17). The lowest BCUT2D eigenvalue weighted by Crippen LogP contribution is -2.54. The molecule has 1 unspecified atom stereocenters. The van der Waals surface area contributed by atoms with Crippen molar-refractivity contribution in [3.8, 4) is 0 Å². The molecule has 0 aliphatic heterocycles. The minimum atomic E-state index is -1.42. The Kier molecular flexibility index (Phi) is 10.7. The number of carboxylic acid groups (broad SMARTS) is 1. The molecule has 0 aliphatic carbocycles. The average Bonchev–Trinajstić information content (AvgIpc) is 2.43. The van der Waals surface area contributed by atoms with Crippen LogP contribution < -0.4 is 0 Å². The van der Waals surface area contributed by atoms with Gasteiger partial charge in [-0.25, -0.2) is 4.79 Å². The minimum absolute atomic E-state index is 0.305. The number of aliphatic carboxylic acids is 1. The summed E-state index contributed by atoms with van der Waals surface area (Å²) in [7, 11) is 0. The van der Waals surface area contributed by atoms with Gasteiger partial charge in [0, 0.05) is 19.8 Å². The highest BCUT2D eigenvalue weighted by Crippen LogP contribution is 2.26. The summed E-state index contributed by atoms with van der Waals surface area (Å²) in [5.74, 6) is -1.03. The van der Waals surface area contributed by atoms with Crippen molar-refractivity contribution in [3.63, 3.8) is 0 Å². The van der Waals surface area contributed by atoms with Gasteiger partial charge in [0.05, 0.1) is 0 Å². The first-order valence-corrected chi connectivity index (χ1v) is 7.69. The highest BCUT2D eigenvalue weighted by atomic mass is 16.7. The SMILES string of the molecule is CCCCOC(OCCCC)C(CC)(OCC)C(=O)O. The number of carboxylic acids is 1. The Morgan fingerprint density at radius 2 is 1.55 bits per heavy atom. The van der Waals surface area contributed by atoms with Crippen LogP contribution in [0.15, 0.2) is 0 Å². The highest BCUT2D eigenvalue weighted by Gasteiger charge is 2.47. The van der Waals surface area contributed by atoms with E-state index in [1.165, 1.54) is 0 Å². The third-order valence-corrected chi connectivity index (χ3v) is 3.20. The molecule has 0 fully saturated rings. The van der Waals surface area contributed by atoms with Crippen LogP contribution >= 0.6 is 0 Å². The van der Waals surface area contributed by atoms with E-state index in [0.29, 0.717) is 26.2 Å². The third-order valence-electron chi connectivity index (χ3n) is 3.20. The zero-order chi connectivity index (χ0) is 15.4. The summed E-state index contributed by atoms with van der Waals surface area (Å²) >= 11 is 0. The van der Waals surface area contributed by atoms with Crippen LogP contribution in [0.5, 0.6) is 0 Å². The fourth-order valence-corrected chi connectivity index (χ4v) is 1.89. The number of hydrogen-bond acceptors (Lipinski definition) is 4. The third kappa shape index (κ3) is 5.77. The first-order chi connectivity index (χ1) is 9.58. The smallest absolute Gasteiger partial charge is 0.341 e. The summed E-state index contributed by atoms with van der Waals surface area (Å²) in [5.41, 5.74) is -1.42. The molecule has 0 aromatic carbocycles. The number of rotatable bonds is 13. The Hall–Kier alpha value is -0.650. The monoisotopic (exact) mass is 290 g/mol. The van der Waals surface area contributed by atoms with E-state index in [-0.39, 0.29) is 0 Å². The van der Waals surface area contributed by atoms with Crippen LogP contribution in [0.3, 0.4) is 0 Å². The predicted octanol–water partition coefficient (Wildman–Crippen LogP) is 3.22. The van der Waals surface area contributed by atoms with Gasteiger partial charge in [0.25, 0.3) is 0 Å². The predicted molar refractivity (Wildman–Crippen MR) is 77.8 cm³/mol. The lowest BCUT2D eigenvalue weighted by Gasteiger charge is -2.35. The van der Waals surface area contributed by atoms with Gasteiger partial charge in [0.1, 0.15) is 0 Å². The zero-order valence-electron chi connectivity index (χ0n) is 13.3. The molecule has 0 heterocycles. The van der Waals surface area contributed by atoms with Crippen molar-refractivity contribution in [2.24, 2.45) is 0 Å². The summed E-state index contributed by atoms with van der Waals surface area (Å²) in [5, 5.41) is 9.55. The minimum Gasteiger partial charge on any atom is -0.479 e. The summed E-state index contributed by atoms with van der Waals surface area (Å²) in [6.07, 6.45) is 3.17. The molecule has 0 saturated carbocycles. The largest absolute Gasteiger partial charge is 0.479 e. The number of hydrogen-bond donors (Lipinski definition) is 1. The van der Waals surface area contributed by atoms with Crippen LogP contribution in [0.4, 0.5) is 0 Å². The zero-order valence-corrected chi connectivity index (χ0v) is 13.3. The summed E-state index contributed by atoms with van der Waals surface area (Å²) < 4.78 is 16.9. The lowest BCUT2D eigenvalue weighted by atomic mass is 9.99. The van der Waals surface area contributed by atoms with Crippen LogP contribution in [0, 0.1) is 0 Å². The molecular formula is C15H30O5. The maximum Gasteiger partial charge on any atom is 0.341 e. The Morgan fingerprint density at radius 3 is 1.85 bits per heavy atom. The van der Waals surface area contributed by atoms with E-state index in [1.54, 1.807) is 13.8 Å².